The zero-order valence-corrected chi connectivity index (χ0v) is 14.0. The molecule has 0 aromatic rings. The fourth-order valence-electron chi connectivity index (χ4n) is 6.34. The molecule has 3 fully saturated rings. The SMILES string of the molecule is CC1=C(C)C2C(=CC1=O)CCC1C2CCC2C(C(=O)O)CCC21. The second-order valence-electron chi connectivity index (χ2n) is 8.16. The number of carbonyl (C=O) groups is 2. The number of rotatable bonds is 1. The number of hydrogen-bond acceptors (Lipinski definition) is 2. The Labute approximate surface area is 137 Å². The first-order chi connectivity index (χ1) is 11.0. The van der Waals surface area contributed by atoms with E-state index >= 15 is 0 Å². The van der Waals surface area contributed by atoms with Gasteiger partial charge in [-0.25, -0.2) is 0 Å². The lowest BCUT2D eigenvalue weighted by molar-refractivity contribution is -0.144. The van der Waals surface area contributed by atoms with E-state index in [1.165, 1.54) is 11.1 Å². The van der Waals surface area contributed by atoms with Crippen LogP contribution in [0.15, 0.2) is 22.8 Å². The van der Waals surface area contributed by atoms with E-state index < -0.39 is 5.97 Å². The second kappa shape index (κ2) is 5.32. The maximum Gasteiger partial charge on any atom is 0.306 e. The topological polar surface area (TPSA) is 54.4 Å². The molecular weight excluding hydrogens is 288 g/mol. The van der Waals surface area contributed by atoms with Crippen LogP contribution < -0.4 is 0 Å². The highest BCUT2D eigenvalue weighted by atomic mass is 16.4. The Morgan fingerprint density at radius 1 is 1.00 bits per heavy atom. The zero-order chi connectivity index (χ0) is 16.3. The fourth-order valence-corrected chi connectivity index (χ4v) is 6.34. The molecule has 0 amide bonds. The minimum atomic E-state index is -0.581. The number of aliphatic carboxylic acids is 1. The van der Waals surface area contributed by atoms with Gasteiger partial charge in [-0.3, -0.25) is 9.59 Å². The van der Waals surface area contributed by atoms with E-state index in [0.29, 0.717) is 29.6 Å². The summed E-state index contributed by atoms with van der Waals surface area (Å²) in [5, 5.41) is 9.49. The molecule has 4 aliphatic carbocycles. The number of hydrogen-bond donors (Lipinski definition) is 1. The number of fused-ring (bicyclic) bond motifs is 5. The molecule has 0 radical (unpaired) electrons. The molecule has 3 nitrogen and oxygen atoms in total. The summed E-state index contributed by atoms with van der Waals surface area (Å²) in [6, 6.07) is 0. The van der Waals surface area contributed by atoms with Crippen LogP contribution in [0.5, 0.6) is 0 Å². The first kappa shape index (κ1) is 15.2. The Bertz CT molecular complexity index is 627. The van der Waals surface area contributed by atoms with Crippen molar-refractivity contribution in [1.82, 2.24) is 0 Å². The Morgan fingerprint density at radius 3 is 2.39 bits per heavy atom. The average molecular weight is 314 g/mol. The van der Waals surface area contributed by atoms with Crippen molar-refractivity contribution in [3.05, 3.63) is 22.8 Å². The van der Waals surface area contributed by atoms with Crippen LogP contribution in [0.25, 0.3) is 0 Å². The molecule has 3 saturated carbocycles. The molecular formula is C20H26O3. The predicted octanol–water partition coefficient (Wildman–Crippen LogP) is 4.00. The quantitative estimate of drug-likeness (QED) is 0.796. The van der Waals surface area contributed by atoms with Crippen LogP contribution in [0.2, 0.25) is 0 Å². The Hall–Kier alpha value is -1.38. The standard InChI is InChI=1S/C20H26O3/c1-10-11(2)19-12(9-18(10)21)3-4-14-13-6-8-17(20(22)23)15(13)5-7-16(14)19/h9,13-17,19H,3-8H2,1-2H3,(H,22,23). The van der Waals surface area contributed by atoms with Gasteiger partial charge in [-0.1, -0.05) is 11.1 Å². The fraction of sp³-hybridized carbons (Fsp3) is 0.700. The molecule has 0 bridgehead atoms. The summed E-state index contributed by atoms with van der Waals surface area (Å²) in [5.41, 5.74) is 3.58. The number of allylic oxidation sites excluding steroid dienone is 4. The van der Waals surface area contributed by atoms with Crippen molar-refractivity contribution >= 4 is 11.8 Å². The summed E-state index contributed by atoms with van der Waals surface area (Å²) in [6.07, 6.45) is 8.25. The van der Waals surface area contributed by atoms with Gasteiger partial charge in [-0.2, -0.15) is 0 Å². The van der Waals surface area contributed by atoms with Crippen molar-refractivity contribution in [2.24, 2.45) is 35.5 Å². The largest absolute Gasteiger partial charge is 0.481 e. The summed E-state index contributed by atoms with van der Waals surface area (Å²) >= 11 is 0. The molecule has 6 unspecified atom stereocenters. The first-order valence-electron chi connectivity index (χ1n) is 9.14. The van der Waals surface area contributed by atoms with Crippen molar-refractivity contribution in [1.29, 1.82) is 0 Å². The van der Waals surface area contributed by atoms with E-state index in [9.17, 15) is 14.7 Å². The summed E-state index contributed by atoms with van der Waals surface area (Å²) < 4.78 is 0. The third-order valence-electron chi connectivity index (χ3n) is 7.47. The smallest absolute Gasteiger partial charge is 0.306 e. The lowest BCUT2D eigenvalue weighted by atomic mass is 9.55. The lowest BCUT2D eigenvalue weighted by Crippen LogP contribution is -2.43. The molecule has 6 atom stereocenters. The molecule has 0 heterocycles. The highest BCUT2D eigenvalue weighted by molar-refractivity contribution is 6.05. The van der Waals surface area contributed by atoms with Gasteiger partial charge in [0.1, 0.15) is 0 Å². The highest BCUT2D eigenvalue weighted by Crippen LogP contribution is 2.58. The molecule has 4 rings (SSSR count). The van der Waals surface area contributed by atoms with E-state index in [4.69, 9.17) is 0 Å². The summed E-state index contributed by atoms with van der Waals surface area (Å²) in [6.45, 7) is 4.12. The minimum Gasteiger partial charge on any atom is -0.481 e. The molecule has 0 spiro atoms. The minimum absolute atomic E-state index is 0.107. The van der Waals surface area contributed by atoms with Crippen molar-refractivity contribution < 1.29 is 14.7 Å². The van der Waals surface area contributed by atoms with Gasteiger partial charge in [-0.15, -0.1) is 0 Å². The van der Waals surface area contributed by atoms with Gasteiger partial charge < -0.3 is 5.11 Å². The maximum atomic E-state index is 12.1. The number of ketones is 1. The Kier molecular flexibility index (Phi) is 3.51. The Balaban J connectivity index is 1.64. The van der Waals surface area contributed by atoms with Crippen LogP contribution in [-0.2, 0) is 9.59 Å². The summed E-state index contributed by atoms with van der Waals surface area (Å²) in [7, 11) is 0. The van der Waals surface area contributed by atoms with Gasteiger partial charge in [0.2, 0.25) is 0 Å². The van der Waals surface area contributed by atoms with Crippen LogP contribution in [0, 0.1) is 35.5 Å². The van der Waals surface area contributed by atoms with Gasteiger partial charge in [0.15, 0.2) is 5.78 Å². The molecule has 0 aliphatic heterocycles. The van der Waals surface area contributed by atoms with Crippen LogP contribution >= 0.6 is 0 Å². The molecule has 4 aliphatic rings. The molecule has 0 aromatic heterocycles. The summed E-state index contributed by atoms with van der Waals surface area (Å²) in [5.74, 6) is 2.26. The molecule has 1 N–H and O–H groups in total. The van der Waals surface area contributed by atoms with Gasteiger partial charge >= 0.3 is 5.97 Å². The number of carbonyl (C=O) groups excluding carboxylic acids is 1. The van der Waals surface area contributed by atoms with Crippen LogP contribution in [0.1, 0.15) is 52.4 Å². The van der Waals surface area contributed by atoms with Crippen LogP contribution in [0.4, 0.5) is 0 Å². The molecule has 0 aromatic carbocycles. The first-order valence-corrected chi connectivity index (χ1v) is 9.14. The maximum absolute atomic E-state index is 12.1. The van der Waals surface area contributed by atoms with Gasteiger partial charge in [0.05, 0.1) is 5.92 Å². The monoisotopic (exact) mass is 314 g/mol. The zero-order valence-electron chi connectivity index (χ0n) is 14.0. The van der Waals surface area contributed by atoms with Gasteiger partial charge in [-0.05, 0) is 87.7 Å². The molecule has 124 valence electrons. The molecule has 3 heteroatoms. The third-order valence-corrected chi connectivity index (χ3v) is 7.47. The van der Waals surface area contributed by atoms with Gasteiger partial charge in [0.25, 0.3) is 0 Å². The average Bonchev–Trinajstić information content (AvgIpc) is 2.96. The Morgan fingerprint density at radius 2 is 1.65 bits per heavy atom. The lowest BCUT2D eigenvalue weighted by Gasteiger charge is -2.50. The summed E-state index contributed by atoms with van der Waals surface area (Å²) in [4.78, 5) is 23.6. The number of carboxylic acids is 1. The molecule has 23 heavy (non-hydrogen) atoms. The third kappa shape index (κ3) is 2.15. The highest BCUT2D eigenvalue weighted by Gasteiger charge is 2.52. The van der Waals surface area contributed by atoms with E-state index in [2.05, 4.69) is 6.92 Å². The van der Waals surface area contributed by atoms with E-state index in [0.717, 1.165) is 44.1 Å². The van der Waals surface area contributed by atoms with Crippen molar-refractivity contribution in [3.63, 3.8) is 0 Å². The van der Waals surface area contributed by atoms with Crippen molar-refractivity contribution in [3.8, 4) is 0 Å². The van der Waals surface area contributed by atoms with Crippen molar-refractivity contribution in [2.75, 3.05) is 0 Å². The number of carboxylic acid groups (broad SMARTS) is 1. The van der Waals surface area contributed by atoms with Crippen molar-refractivity contribution in [2.45, 2.75) is 52.4 Å². The van der Waals surface area contributed by atoms with E-state index in [1.54, 1.807) is 0 Å². The van der Waals surface area contributed by atoms with E-state index in [-0.39, 0.29) is 11.7 Å². The van der Waals surface area contributed by atoms with Crippen LogP contribution in [0.3, 0.4) is 0 Å². The molecule has 0 saturated heterocycles. The van der Waals surface area contributed by atoms with Crippen LogP contribution in [-0.4, -0.2) is 16.9 Å². The second-order valence-corrected chi connectivity index (χ2v) is 8.16. The normalized spacial score (nSPS) is 42.7. The predicted molar refractivity (Wildman–Crippen MR) is 87.7 cm³/mol. The van der Waals surface area contributed by atoms with Gasteiger partial charge in [0, 0.05) is 5.92 Å². The van der Waals surface area contributed by atoms with E-state index in [1.807, 2.05) is 13.0 Å².